The number of oxime groups is 1. The third-order valence-corrected chi connectivity index (χ3v) is 8.87. The first-order valence-corrected chi connectivity index (χ1v) is 17.6. The van der Waals surface area contributed by atoms with Gasteiger partial charge in [0.25, 0.3) is 0 Å². The first-order chi connectivity index (χ1) is 23.5. The molecule has 1 aliphatic heterocycles. The molecule has 49 heavy (non-hydrogen) atoms. The molecule has 5 atom stereocenters. The third-order valence-electron chi connectivity index (χ3n) is 7.39. The monoisotopic (exact) mass is 701 g/mol. The number of nitrogens with one attached hydrogen (secondary N) is 2. The Balaban J connectivity index is 1.64. The van der Waals surface area contributed by atoms with Crippen LogP contribution in [-0.2, 0) is 33.9 Å². The van der Waals surface area contributed by atoms with Gasteiger partial charge in [-0.05, 0) is 61.7 Å². The van der Waals surface area contributed by atoms with Gasteiger partial charge >= 0.3 is 12.1 Å². The summed E-state index contributed by atoms with van der Waals surface area (Å²) >= 11 is 0. The van der Waals surface area contributed by atoms with Gasteiger partial charge in [0.2, 0.25) is 10.0 Å². The fraction of sp³-hybridized carbons (Fsp3) is 0.457. The van der Waals surface area contributed by atoms with Gasteiger partial charge in [0.15, 0.2) is 0 Å². The third kappa shape index (κ3) is 13.6. The standard InChI is InChI=1S/C35H47N3O10S/c1-6-21-36-35(40)45-24-33-32(47-28-14-12-27(43-4)13-15-28)19-16-29(48-33)20-22-46-37-23-31(26(3)8-7-9-34(39)44-5)38-49(41,42)30-17-10-25(2)11-18-30/h7-8,10-19,23,26,29,31-33,38H,6,9,20-22,24H2,1-5H3,(H,36,40)/b8-7+,37-23?/t26-,29+,31-,32+,33-/m1/s1. The minimum atomic E-state index is -3.89. The van der Waals surface area contributed by atoms with Gasteiger partial charge in [-0.2, -0.15) is 0 Å². The number of sulfonamides is 1. The van der Waals surface area contributed by atoms with Gasteiger partial charge in [-0.1, -0.05) is 54.9 Å². The fourth-order valence-electron chi connectivity index (χ4n) is 4.52. The van der Waals surface area contributed by atoms with Crippen molar-refractivity contribution in [2.75, 3.05) is 34.0 Å². The summed E-state index contributed by atoms with van der Waals surface area (Å²) in [6, 6.07) is 12.8. The Morgan fingerprint density at radius 3 is 2.43 bits per heavy atom. The Morgan fingerprint density at radius 1 is 1.04 bits per heavy atom. The van der Waals surface area contributed by atoms with Gasteiger partial charge < -0.3 is 33.8 Å². The Hall–Kier alpha value is -4.40. The van der Waals surface area contributed by atoms with Crippen molar-refractivity contribution in [2.45, 2.75) is 69.3 Å². The van der Waals surface area contributed by atoms with Crippen LogP contribution in [0.4, 0.5) is 4.79 Å². The molecule has 13 nitrogen and oxygen atoms in total. The zero-order valence-corrected chi connectivity index (χ0v) is 29.4. The van der Waals surface area contributed by atoms with E-state index in [1.54, 1.807) is 62.6 Å². The molecule has 0 aliphatic carbocycles. The fourth-order valence-corrected chi connectivity index (χ4v) is 5.78. The van der Waals surface area contributed by atoms with Crippen LogP contribution in [0.5, 0.6) is 11.5 Å². The zero-order chi connectivity index (χ0) is 35.6. The van der Waals surface area contributed by atoms with Crippen molar-refractivity contribution < 1.29 is 46.5 Å². The average molecular weight is 702 g/mol. The number of ether oxygens (including phenoxy) is 5. The van der Waals surface area contributed by atoms with Crippen LogP contribution < -0.4 is 19.5 Å². The van der Waals surface area contributed by atoms with Crippen LogP contribution >= 0.6 is 0 Å². The molecule has 2 N–H and O–H groups in total. The van der Waals surface area contributed by atoms with Crippen LogP contribution in [0.2, 0.25) is 0 Å². The summed E-state index contributed by atoms with van der Waals surface area (Å²) in [4.78, 5) is 29.3. The quantitative estimate of drug-likeness (QED) is 0.0691. The number of rotatable bonds is 19. The van der Waals surface area contributed by atoms with Crippen molar-refractivity contribution in [1.82, 2.24) is 10.0 Å². The minimum Gasteiger partial charge on any atom is -0.497 e. The van der Waals surface area contributed by atoms with E-state index in [1.807, 2.05) is 26.0 Å². The number of aryl methyl sites for hydroxylation is 1. The number of benzene rings is 2. The van der Waals surface area contributed by atoms with Crippen LogP contribution in [0.25, 0.3) is 0 Å². The summed E-state index contributed by atoms with van der Waals surface area (Å²) in [5.74, 6) is 0.484. The first kappa shape index (κ1) is 39.0. The highest BCUT2D eigenvalue weighted by Crippen LogP contribution is 2.24. The zero-order valence-electron chi connectivity index (χ0n) is 28.6. The smallest absolute Gasteiger partial charge is 0.407 e. The summed E-state index contributed by atoms with van der Waals surface area (Å²) in [7, 11) is -1.01. The maximum Gasteiger partial charge on any atom is 0.407 e. The topological polar surface area (TPSA) is 160 Å². The summed E-state index contributed by atoms with van der Waals surface area (Å²) in [6.45, 7) is 6.20. The Morgan fingerprint density at radius 2 is 1.76 bits per heavy atom. The number of carbonyl (C=O) groups excluding carboxylic acids is 2. The largest absolute Gasteiger partial charge is 0.497 e. The molecule has 2 aromatic carbocycles. The molecule has 1 amide bonds. The van der Waals surface area contributed by atoms with E-state index in [0.29, 0.717) is 24.5 Å². The predicted molar refractivity (Wildman–Crippen MR) is 184 cm³/mol. The van der Waals surface area contributed by atoms with Crippen molar-refractivity contribution in [3.05, 3.63) is 78.4 Å². The van der Waals surface area contributed by atoms with Crippen LogP contribution in [-0.4, -0.2) is 85.0 Å². The van der Waals surface area contributed by atoms with Crippen molar-refractivity contribution >= 4 is 28.3 Å². The first-order valence-electron chi connectivity index (χ1n) is 16.1. The number of methoxy groups -OCH3 is 2. The van der Waals surface area contributed by atoms with E-state index >= 15 is 0 Å². The maximum absolute atomic E-state index is 13.1. The summed E-state index contributed by atoms with van der Waals surface area (Å²) in [5, 5.41) is 6.73. The van der Waals surface area contributed by atoms with Gasteiger partial charge in [-0.3, -0.25) is 4.79 Å². The van der Waals surface area contributed by atoms with Crippen LogP contribution in [0.15, 0.2) is 82.9 Å². The van der Waals surface area contributed by atoms with Gasteiger partial charge in [-0.25, -0.2) is 17.9 Å². The van der Waals surface area contributed by atoms with Gasteiger partial charge in [0, 0.05) is 13.0 Å². The highest BCUT2D eigenvalue weighted by atomic mass is 32.2. The molecule has 0 radical (unpaired) electrons. The highest BCUT2D eigenvalue weighted by molar-refractivity contribution is 7.89. The van der Waals surface area contributed by atoms with Crippen LogP contribution in [0.1, 0.15) is 38.7 Å². The van der Waals surface area contributed by atoms with E-state index in [1.165, 1.54) is 25.5 Å². The highest BCUT2D eigenvalue weighted by Gasteiger charge is 2.30. The Kier molecular flexibility index (Phi) is 16.1. The second-order valence-electron chi connectivity index (χ2n) is 11.3. The van der Waals surface area contributed by atoms with E-state index in [-0.39, 0.29) is 30.4 Å². The molecule has 0 fully saturated rings. The molecule has 268 valence electrons. The van der Waals surface area contributed by atoms with Crippen molar-refractivity contribution in [3.8, 4) is 11.5 Å². The lowest BCUT2D eigenvalue weighted by molar-refractivity contribution is -0.139. The van der Waals surface area contributed by atoms with Crippen molar-refractivity contribution in [2.24, 2.45) is 11.1 Å². The van der Waals surface area contributed by atoms with Gasteiger partial charge in [0.1, 0.15) is 36.9 Å². The average Bonchev–Trinajstić information content (AvgIpc) is 3.10. The van der Waals surface area contributed by atoms with Gasteiger partial charge in [-0.15, -0.1) is 0 Å². The van der Waals surface area contributed by atoms with Crippen molar-refractivity contribution in [1.29, 1.82) is 0 Å². The lowest BCUT2D eigenvalue weighted by Gasteiger charge is -2.32. The molecule has 2 aromatic rings. The van der Waals surface area contributed by atoms with E-state index in [2.05, 4.69) is 19.9 Å². The summed E-state index contributed by atoms with van der Waals surface area (Å²) in [5.41, 5.74) is 0.929. The maximum atomic E-state index is 13.1. The number of nitrogens with zero attached hydrogens (tertiary/aromatic N) is 1. The molecular formula is C35H47N3O10S. The molecule has 0 aromatic heterocycles. The van der Waals surface area contributed by atoms with E-state index in [0.717, 1.165) is 12.0 Å². The number of hydrogen-bond donors (Lipinski definition) is 2. The molecule has 0 saturated carbocycles. The molecule has 0 unspecified atom stereocenters. The molecule has 0 spiro atoms. The van der Waals surface area contributed by atoms with Crippen LogP contribution in [0.3, 0.4) is 0 Å². The minimum absolute atomic E-state index is 0.0413. The van der Waals surface area contributed by atoms with E-state index in [9.17, 15) is 18.0 Å². The Labute approximate surface area is 288 Å². The summed E-state index contributed by atoms with van der Waals surface area (Å²) < 4.78 is 56.6. The predicted octanol–water partition coefficient (Wildman–Crippen LogP) is 4.71. The van der Waals surface area contributed by atoms with E-state index < -0.39 is 46.4 Å². The molecule has 0 saturated heterocycles. The second-order valence-corrected chi connectivity index (χ2v) is 13.0. The number of amides is 1. The van der Waals surface area contributed by atoms with Crippen LogP contribution in [0, 0.1) is 12.8 Å². The molecule has 14 heteroatoms. The Bertz CT molecular complexity index is 1510. The summed E-state index contributed by atoms with van der Waals surface area (Å²) in [6.07, 6.45) is 7.55. The normalized spacial score (nSPS) is 18.9. The lowest BCUT2D eigenvalue weighted by atomic mass is 10.0. The number of hydrogen-bond acceptors (Lipinski definition) is 11. The lowest BCUT2D eigenvalue weighted by Crippen LogP contribution is -2.43. The van der Waals surface area contributed by atoms with Crippen molar-refractivity contribution in [3.63, 3.8) is 0 Å². The SMILES string of the molecule is CCCNC(=O)OC[C@H]1O[C@H](CCON=C[C@@H](NS(=O)(=O)c2ccc(C)cc2)[C@H](C)/C=C/CC(=O)OC)C=C[C@@H]1Oc1ccc(OC)cc1. The number of esters is 1. The molecule has 1 heterocycles. The molecule has 1 aliphatic rings. The second kappa shape index (κ2) is 20.2. The number of carbonyl (C=O) groups is 2. The number of alkyl carbamates (subject to hydrolysis) is 1. The molecule has 0 bridgehead atoms. The van der Waals surface area contributed by atoms with E-state index in [4.69, 9.17) is 23.8 Å². The molecular weight excluding hydrogens is 654 g/mol. The van der Waals surface area contributed by atoms with Gasteiger partial charge in [0.05, 0.1) is 43.9 Å². The molecule has 3 rings (SSSR count).